The Balaban J connectivity index is 1.51. The molecule has 10 heteroatoms. The van der Waals surface area contributed by atoms with Gasteiger partial charge in [-0.15, -0.1) is 0 Å². The average Bonchev–Trinajstić information content (AvgIpc) is 3.00. The molecule has 3 aromatic rings. The quantitative estimate of drug-likeness (QED) is 0.143. The molecule has 42 heavy (non-hydrogen) atoms. The number of fused-ring (bicyclic) bond motifs is 1. The highest BCUT2D eigenvalue weighted by Crippen LogP contribution is 2.37. The Kier molecular flexibility index (Phi) is 12.0. The minimum atomic E-state index is -1.72. The van der Waals surface area contributed by atoms with Gasteiger partial charge in [-0.1, -0.05) is 82.2 Å². The predicted molar refractivity (Wildman–Crippen MR) is 156 cm³/mol. The number of hydrogen-bond donors (Lipinski definition) is 4. The lowest BCUT2D eigenvalue weighted by Crippen LogP contribution is -2.60. The van der Waals surface area contributed by atoms with Gasteiger partial charge in [-0.05, 0) is 24.1 Å². The van der Waals surface area contributed by atoms with Crippen molar-refractivity contribution in [2.75, 3.05) is 13.2 Å². The number of aliphatic hydroxyl groups excluding tert-OH is 4. The van der Waals surface area contributed by atoms with Crippen molar-refractivity contribution in [1.82, 2.24) is 0 Å². The summed E-state index contributed by atoms with van der Waals surface area (Å²) in [6.07, 6.45) is 1.76. The van der Waals surface area contributed by atoms with Crippen LogP contribution in [0, 0.1) is 0 Å². The van der Waals surface area contributed by atoms with E-state index in [2.05, 4.69) is 6.92 Å². The SMILES string of the molecule is CCCCCCCCCCOc1ccc2c(OCc3ccccc3)c(O[C@@H]3O[C@H](CO)[C@H](O)[C@H](O)[C@H]3O)c(=O)oc2c1. The molecule has 230 valence electrons. The molecule has 1 aliphatic rings. The van der Waals surface area contributed by atoms with Crippen molar-refractivity contribution in [2.24, 2.45) is 0 Å². The summed E-state index contributed by atoms with van der Waals surface area (Å²) in [5, 5.41) is 40.7. The van der Waals surface area contributed by atoms with Gasteiger partial charge in [0.15, 0.2) is 5.75 Å². The van der Waals surface area contributed by atoms with E-state index in [1.807, 2.05) is 30.3 Å². The third-order valence-electron chi connectivity index (χ3n) is 7.37. The van der Waals surface area contributed by atoms with E-state index in [1.54, 1.807) is 18.2 Å². The lowest BCUT2D eigenvalue weighted by atomic mass is 9.99. The number of ether oxygens (including phenoxy) is 4. The van der Waals surface area contributed by atoms with Gasteiger partial charge in [-0.3, -0.25) is 0 Å². The second-order valence-electron chi connectivity index (χ2n) is 10.6. The molecule has 4 N–H and O–H groups in total. The van der Waals surface area contributed by atoms with Crippen LogP contribution in [-0.2, 0) is 11.3 Å². The zero-order chi connectivity index (χ0) is 29.9. The van der Waals surface area contributed by atoms with E-state index in [1.165, 1.54) is 38.5 Å². The molecule has 0 saturated carbocycles. The highest BCUT2D eigenvalue weighted by Gasteiger charge is 2.45. The fraction of sp³-hybridized carbons (Fsp3) is 0.531. The molecule has 0 bridgehead atoms. The Morgan fingerprint density at radius 1 is 0.810 bits per heavy atom. The fourth-order valence-electron chi connectivity index (χ4n) is 4.91. The lowest BCUT2D eigenvalue weighted by molar-refractivity contribution is -0.278. The molecule has 2 aromatic carbocycles. The summed E-state index contributed by atoms with van der Waals surface area (Å²) in [7, 11) is 0. The van der Waals surface area contributed by atoms with Crippen LogP contribution < -0.4 is 19.8 Å². The third kappa shape index (κ3) is 8.23. The van der Waals surface area contributed by atoms with Crippen molar-refractivity contribution in [3.8, 4) is 17.2 Å². The van der Waals surface area contributed by atoms with Crippen LogP contribution in [0.1, 0.15) is 63.9 Å². The molecule has 0 spiro atoms. The number of hydrogen-bond acceptors (Lipinski definition) is 10. The first-order valence-corrected chi connectivity index (χ1v) is 14.8. The summed E-state index contributed by atoms with van der Waals surface area (Å²) in [6.45, 7) is 2.21. The van der Waals surface area contributed by atoms with Crippen molar-refractivity contribution < 1.29 is 43.8 Å². The van der Waals surface area contributed by atoms with E-state index in [0.717, 1.165) is 18.4 Å². The molecule has 0 radical (unpaired) electrons. The first kappa shape index (κ1) is 31.8. The van der Waals surface area contributed by atoms with Gasteiger partial charge in [0.2, 0.25) is 6.29 Å². The Labute approximate surface area is 245 Å². The first-order chi connectivity index (χ1) is 20.4. The van der Waals surface area contributed by atoms with E-state index < -0.39 is 42.9 Å². The molecule has 4 rings (SSSR count). The maximum atomic E-state index is 13.2. The molecule has 2 heterocycles. The molecular formula is C32H42O10. The molecule has 10 nitrogen and oxygen atoms in total. The van der Waals surface area contributed by atoms with Crippen LogP contribution in [-0.4, -0.2) is 64.3 Å². The second-order valence-corrected chi connectivity index (χ2v) is 10.6. The standard InChI is InChI=1S/C32H42O10/c1-2-3-4-5-6-7-8-12-17-38-22-15-16-23-24(18-22)40-31(37)30(29(23)39-20-21-13-10-9-11-14-21)42-32-28(36)27(35)26(34)25(19-33)41-32/h9-11,13-16,18,25-28,32-36H,2-8,12,17,19-20H2,1H3/t25-,26+,27+,28-,32+/m1/s1. The normalized spacial score (nSPS) is 22.3. The van der Waals surface area contributed by atoms with Crippen LogP contribution in [0.15, 0.2) is 57.7 Å². The summed E-state index contributed by atoms with van der Waals surface area (Å²) in [6, 6.07) is 14.4. The Morgan fingerprint density at radius 2 is 1.52 bits per heavy atom. The van der Waals surface area contributed by atoms with Crippen molar-refractivity contribution in [1.29, 1.82) is 0 Å². The fourth-order valence-corrected chi connectivity index (χ4v) is 4.91. The highest BCUT2D eigenvalue weighted by molar-refractivity contribution is 5.86. The van der Waals surface area contributed by atoms with Gasteiger partial charge in [-0.25, -0.2) is 4.79 Å². The molecule has 0 aliphatic carbocycles. The maximum Gasteiger partial charge on any atom is 0.383 e. The molecule has 5 atom stereocenters. The minimum absolute atomic E-state index is 0.0525. The van der Waals surface area contributed by atoms with E-state index in [4.69, 9.17) is 23.4 Å². The van der Waals surface area contributed by atoms with E-state index in [0.29, 0.717) is 17.7 Å². The van der Waals surface area contributed by atoms with Crippen molar-refractivity contribution in [3.63, 3.8) is 0 Å². The summed E-state index contributed by atoms with van der Waals surface area (Å²) >= 11 is 0. The topological polar surface area (TPSA) is 148 Å². The molecule has 1 aromatic heterocycles. The number of rotatable bonds is 16. The number of aliphatic hydroxyl groups is 4. The molecule has 1 aliphatic heterocycles. The zero-order valence-electron chi connectivity index (χ0n) is 24.0. The van der Waals surface area contributed by atoms with Crippen LogP contribution in [0.2, 0.25) is 0 Å². The van der Waals surface area contributed by atoms with Crippen LogP contribution in [0.25, 0.3) is 11.0 Å². The Bertz CT molecular complexity index is 1290. The van der Waals surface area contributed by atoms with Gasteiger partial charge in [0, 0.05) is 6.07 Å². The van der Waals surface area contributed by atoms with Crippen molar-refractivity contribution in [3.05, 3.63) is 64.5 Å². The van der Waals surface area contributed by atoms with Gasteiger partial charge in [0.05, 0.1) is 18.6 Å². The van der Waals surface area contributed by atoms with Gasteiger partial charge in [0.25, 0.3) is 5.75 Å². The van der Waals surface area contributed by atoms with Gasteiger partial charge in [-0.2, -0.15) is 0 Å². The largest absolute Gasteiger partial charge is 0.493 e. The van der Waals surface area contributed by atoms with E-state index in [9.17, 15) is 25.2 Å². The maximum absolute atomic E-state index is 13.2. The molecular weight excluding hydrogens is 544 g/mol. The van der Waals surface area contributed by atoms with Crippen LogP contribution >= 0.6 is 0 Å². The van der Waals surface area contributed by atoms with Crippen LogP contribution in [0.5, 0.6) is 17.2 Å². The van der Waals surface area contributed by atoms with Crippen molar-refractivity contribution in [2.45, 2.75) is 95.6 Å². The zero-order valence-corrected chi connectivity index (χ0v) is 24.0. The van der Waals surface area contributed by atoms with Gasteiger partial charge >= 0.3 is 5.63 Å². The van der Waals surface area contributed by atoms with Gasteiger partial charge < -0.3 is 43.8 Å². The first-order valence-electron chi connectivity index (χ1n) is 14.8. The molecule has 1 saturated heterocycles. The summed E-state index contributed by atoms with van der Waals surface area (Å²) in [5.41, 5.74) is 0.156. The van der Waals surface area contributed by atoms with Gasteiger partial charge in [0.1, 0.15) is 42.4 Å². The smallest absolute Gasteiger partial charge is 0.383 e. The Morgan fingerprint density at radius 3 is 2.24 bits per heavy atom. The molecule has 0 unspecified atom stereocenters. The van der Waals surface area contributed by atoms with E-state index >= 15 is 0 Å². The second kappa shape index (κ2) is 15.9. The number of unbranched alkanes of at least 4 members (excludes halogenated alkanes) is 7. The monoisotopic (exact) mass is 586 g/mol. The van der Waals surface area contributed by atoms with E-state index in [-0.39, 0.29) is 23.7 Å². The summed E-state index contributed by atoms with van der Waals surface area (Å²) in [5.74, 6) is 0.220. The van der Waals surface area contributed by atoms with Crippen LogP contribution in [0.3, 0.4) is 0 Å². The third-order valence-corrected chi connectivity index (χ3v) is 7.37. The van der Waals surface area contributed by atoms with Crippen molar-refractivity contribution >= 4 is 11.0 Å². The molecule has 0 amide bonds. The lowest BCUT2D eigenvalue weighted by Gasteiger charge is -2.39. The molecule has 1 fully saturated rings. The minimum Gasteiger partial charge on any atom is -0.493 e. The summed E-state index contributed by atoms with van der Waals surface area (Å²) < 4.78 is 28.7. The Hall–Kier alpha value is -3.15. The predicted octanol–water partition coefficient (Wildman–Crippen LogP) is 4.07. The van der Waals surface area contributed by atoms with Crippen LogP contribution in [0.4, 0.5) is 0 Å². The highest BCUT2D eigenvalue weighted by atomic mass is 16.7. The average molecular weight is 587 g/mol. The summed E-state index contributed by atoms with van der Waals surface area (Å²) in [4.78, 5) is 13.2. The number of benzene rings is 2.